The van der Waals surface area contributed by atoms with E-state index in [2.05, 4.69) is 202 Å². The lowest BCUT2D eigenvalue weighted by molar-refractivity contribution is 1.24. The molecule has 0 spiro atoms. The van der Waals surface area contributed by atoms with Crippen LogP contribution in [0.5, 0.6) is 0 Å². The highest BCUT2D eigenvalue weighted by molar-refractivity contribution is 9.10. The standard InChI is InChI=1S/C42H29BrN2S/c43-32-27-37(44(33-12-4-1-5-13-33)34-14-6-2-7-15-34)29-38(28-32)45(35-16-8-3-9-17-35)36-23-20-30(21-24-36)31-22-25-42-40(26-31)39-18-10-11-19-41(39)46-42/h1-29H. The second-order valence-corrected chi connectivity index (χ2v) is 13.2. The molecule has 8 rings (SSSR count). The quantitative estimate of drug-likeness (QED) is 0.166. The van der Waals surface area contributed by atoms with Crippen LogP contribution >= 0.6 is 27.3 Å². The second-order valence-electron chi connectivity index (χ2n) is 11.2. The van der Waals surface area contributed by atoms with Crippen LogP contribution in [0.25, 0.3) is 31.3 Å². The minimum Gasteiger partial charge on any atom is -0.310 e. The van der Waals surface area contributed by atoms with Gasteiger partial charge in [-0.15, -0.1) is 11.3 Å². The molecule has 0 radical (unpaired) electrons. The van der Waals surface area contributed by atoms with Crippen LogP contribution in [-0.2, 0) is 0 Å². The molecule has 2 nitrogen and oxygen atoms in total. The van der Waals surface area contributed by atoms with Gasteiger partial charge in [-0.1, -0.05) is 107 Å². The number of fused-ring (bicyclic) bond motifs is 3. The van der Waals surface area contributed by atoms with Gasteiger partial charge in [0.1, 0.15) is 0 Å². The Balaban J connectivity index is 1.22. The molecule has 0 N–H and O–H groups in total. The number of anilines is 6. The molecule has 0 aliphatic rings. The van der Waals surface area contributed by atoms with Gasteiger partial charge in [0, 0.05) is 58.8 Å². The number of thiophene rings is 1. The molecule has 0 aliphatic heterocycles. The topological polar surface area (TPSA) is 6.48 Å². The van der Waals surface area contributed by atoms with Gasteiger partial charge in [-0.3, -0.25) is 0 Å². The van der Waals surface area contributed by atoms with Crippen LogP contribution < -0.4 is 9.80 Å². The average Bonchev–Trinajstić information content (AvgIpc) is 3.48. The van der Waals surface area contributed by atoms with Gasteiger partial charge in [-0.25, -0.2) is 0 Å². The maximum Gasteiger partial charge on any atom is 0.0493 e. The number of nitrogens with zero attached hydrogens (tertiary/aromatic N) is 2. The summed E-state index contributed by atoms with van der Waals surface area (Å²) in [6.45, 7) is 0. The van der Waals surface area contributed by atoms with Crippen LogP contribution in [0.15, 0.2) is 180 Å². The Morgan fingerprint density at radius 2 is 0.804 bits per heavy atom. The summed E-state index contributed by atoms with van der Waals surface area (Å²) in [6.07, 6.45) is 0. The molecule has 0 amide bonds. The molecule has 1 heterocycles. The van der Waals surface area contributed by atoms with Crippen molar-refractivity contribution in [1.82, 2.24) is 0 Å². The van der Waals surface area contributed by atoms with Crippen LogP contribution in [0, 0.1) is 0 Å². The summed E-state index contributed by atoms with van der Waals surface area (Å²) in [5.74, 6) is 0. The smallest absolute Gasteiger partial charge is 0.0493 e. The van der Waals surface area contributed by atoms with E-state index in [-0.39, 0.29) is 0 Å². The van der Waals surface area contributed by atoms with E-state index in [9.17, 15) is 0 Å². The lowest BCUT2D eigenvalue weighted by Gasteiger charge is -2.30. The molecule has 220 valence electrons. The van der Waals surface area contributed by atoms with Crippen molar-refractivity contribution in [3.8, 4) is 11.1 Å². The van der Waals surface area contributed by atoms with E-state index in [1.54, 1.807) is 0 Å². The van der Waals surface area contributed by atoms with Gasteiger partial charge in [0.25, 0.3) is 0 Å². The van der Waals surface area contributed by atoms with Gasteiger partial charge in [0.05, 0.1) is 0 Å². The lowest BCUT2D eigenvalue weighted by Crippen LogP contribution is -2.13. The molecule has 0 saturated heterocycles. The summed E-state index contributed by atoms with van der Waals surface area (Å²) in [5.41, 5.74) is 8.93. The summed E-state index contributed by atoms with van der Waals surface area (Å²) in [4.78, 5) is 4.62. The van der Waals surface area contributed by atoms with E-state index < -0.39 is 0 Å². The minimum atomic E-state index is 1.01. The van der Waals surface area contributed by atoms with Crippen molar-refractivity contribution < 1.29 is 0 Å². The highest BCUT2D eigenvalue weighted by Gasteiger charge is 2.18. The first kappa shape index (κ1) is 28.3. The minimum absolute atomic E-state index is 1.01. The summed E-state index contributed by atoms with van der Waals surface area (Å²) in [7, 11) is 0. The molecule has 0 atom stereocenters. The van der Waals surface area contributed by atoms with E-state index in [0.717, 1.165) is 38.6 Å². The van der Waals surface area contributed by atoms with Crippen molar-refractivity contribution in [2.24, 2.45) is 0 Å². The van der Waals surface area contributed by atoms with Crippen LogP contribution in [0.3, 0.4) is 0 Å². The molecule has 0 saturated carbocycles. The number of halogens is 1. The number of para-hydroxylation sites is 3. The fourth-order valence-electron chi connectivity index (χ4n) is 6.15. The molecule has 1 aromatic heterocycles. The Hall–Kier alpha value is -5.16. The Labute approximate surface area is 281 Å². The number of hydrogen-bond acceptors (Lipinski definition) is 3. The van der Waals surface area contributed by atoms with E-state index in [1.165, 1.54) is 31.3 Å². The van der Waals surface area contributed by atoms with Gasteiger partial charge in [0.15, 0.2) is 0 Å². The van der Waals surface area contributed by atoms with Gasteiger partial charge >= 0.3 is 0 Å². The van der Waals surface area contributed by atoms with Gasteiger partial charge < -0.3 is 9.80 Å². The van der Waals surface area contributed by atoms with Crippen molar-refractivity contribution in [3.05, 3.63) is 180 Å². The number of rotatable bonds is 7. The van der Waals surface area contributed by atoms with Gasteiger partial charge in [0.2, 0.25) is 0 Å². The first-order valence-electron chi connectivity index (χ1n) is 15.3. The SMILES string of the molecule is Brc1cc(N(c2ccccc2)c2ccccc2)cc(N(c2ccccc2)c2ccc(-c3ccc4sc5ccccc5c4c3)cc2)c1. The summed E-state index contributed by atoms with van der Waals surface area (Å²) in [6, 6.07) is 62.7. The highest BCUT2D eigenvalue weighted by Crippen LogP contribution is 2.43. The molecule has 0 unspecified atom stereocenters. The Morgan fingerprint density at radius 3 is 1.37 bits per heavy atom. The fourth-order valence-corrected chi connectivity index (χ4v) is 7.71. The molecule has 0 fully saturated rings. The Bertz CT molecular complexity index is 2220. The summed E-state index contributed by atoms with van der Waals surface area (Å²) >= 11 is 5.72. The lowest BCUT2D eigenvalue weighted by atomic mass is 10.0. The third-order valence-corrected chi connectivity index (χ3v) is 9.87. The first-order valence-corrected chi connectivity index (χ1v) is 16.9. The van der Waals surface area contributed by atoms with E-state index in [0.29, 0.717) is 0 Å². The molecule has 0 aliphatic carbocycles. The van der Waals surface area contributed by atoms with Crippen LogP contribution in [-0.4, -0.2) is 0 Å². The van der Waals surface area contributed by atoms with Crippen molar-refractivity contribution in [2.75, 3.05) is 9.80 Å². The molecule has 0 bridgehead atoms. The van der Waals surface area contributed by atoms with Crippen LogP contribution in [0.4, 0.5) is 34.1 Å². The third kappa shape index (κ3) is 5.47. The number of benzene rings is 7. The largest absolute Gasteiger partial charge is 0.310 e. The Kier molecular flexibility index (Phi) is 7.59. The van der Waals surface area contributed by atoms with Crippen molar-refractivity contribution >= 4 is 81.6 Å². The molecule has 7 aromatic carbocycles. The molecular formula is C42H29BrN2S. The van der Waals surface area contributed by atoms with E-state index in [4.69, 9.17) is 0 Å². The molecule has 46 heavy (non-hydrogen) atoms. The highest BCUT2D eigenvalue weighted by atomic mass is 79.9. The maximum atomic E-state index is 3.86. The van der Waals surface area contributed by atoms with E-state index >= 15 is 0 Å². The first-order chi connectivity index (χ1) is 22.7. The molecule has 4 heteroatoms. The van der Waals surface area contributed by atoms with Crippen molar-refractivity contribution in [1.29, 1.82) is 0 Å². The van der Waals surface area contributed by atoms with Gasteiger partial charge in [-0.05, 0) is 96.1 Å². The summed E-state index contributed by atoms with van der Waals surface area (Å²) in [5, 5.41) is 2.64. The fraction of sp³-hybridized carbons (Fsp3) is 0. The normalized spacial score (nSPS) is 11.2. The second kappa shape index (κ2) is 12.3. The predicted octanol–water partition coefficient (Wildman–Crippen LogP) is 13.4. The summed E-state index contributed by atoms with van der Waals surface area (Å²) < 4.78 is 3.66. The Morgan fingerprint density at radius 1 is 0.348 bits per heavy atom. The van der Waals surface area contributed by atoms with Crippen molar-refractivity contribution in [2.45, 2.75) is 0 Å². The van der Waals surface area contributed by atoms with E-state index in [1.807, 2.05) is 11.3 Å². The zero-order valence-electron chi connectivity index (χ0n) is 24.9. The van der Waals surface area contributed by atoms with Crippen LogP contribution in [0.1, 0.15) is 0 Å². The zero-order chi connectivity index (χ0) is 30.9. The monoisotopic (exact) mass is 672 g/mol. The van der Waals surface area contributed by atoms with Crippen LogP contribution in [0.2, 0.25) is 0 Å². The maximum absolute atomic E-state index is 3.86. The molecule has 8 aromatic rings. The van der Waals surface area contributed by atoms with Gasteiger partial charge in [-0.2, -0.15) is 0 Å². The molecular weight excluding hydrogens is 644 g/mol. The van der Waals surface area contributed by atoms with Crippen molar-refractivity contribution in [3.63, 3.8) is 0 Å². The zero-order valence-corrected chi connectivity index (χ0v) is 27.3. The third-order valence-electron chi connectivity index (χ3n) is 8.26. The number of hydrogen-bond donors (Lipinski definition) is 0. The predicted molar refractivity (Wildman–Crippen MR) is 202 cm³/mol. The average molecular weight is 674 g/mol.